The molecule has 0 aliphatic carbocycles. The highest BCUT2D eigenvalue weighted by Crippen LogP contribution is 2.21. The predicted octanol–water partition coefficient (Wildman–Crippen LogP) is 3.69. The van der Waals surface area contributed by atoms with Crippen molar-refractivity contribution in [2.45, 2.75) is 0 Å². The maximum atomic E-state index is 5.65. The third-order valence-corrected chi connectivity index (χ3v) is 2.22. The van der Waals surface area contributed by atoms with Crippen LogP contribution in [0.4, 0.5) is 17.1 Å². The minimum atomic E-state index is 0.677. The second kappa shape index (κ2) is 5.12. The number of ether oxygens (including phenoxy) is 1. The third kappa shape index (κ3) is 3.04. The second-order valence-electron chi connectivity index (χ2n) is 3.49. The highest BCUT2D eigenvalue weighted by molar-refractivity contribution is 5.50. The van der Waals surface area contributed by atoms with E-state index >= 15 is 0 Å². The topological polar surface area (TPSA) is 60.0 Å². The molecule has 2 rings (SSSR count). The largest absolute Gasteiger partial charge is 0.497 e. The van der Waals surface area contributed by atoms with E-state index < -0.39 is 0 Å². The van der Waals surface area contributed by atoms with E-state index in [-0.39, 0.29) is 0 Å². The molecule has 0 aliphatic heterocycles. The molecule has 0 saturated carbocycles. The van der Waals surface area contributed by atoms with Gasteiger partial charge in [0.2, 0.25) is 0 Å². The molecule has 0 fully saturated rings. The molecule has 0 radical (unpaired) electrons. The van der Waals surface area contributed by atoms with E-state index in [9.17, 15) is 0 Å². The zero-order valence-electron chi connectivity index (χ0n) is 9.50. The third-order valence-electron chi connectivity index (χ3n) is 2.22. The lowest BCUT2D eigenvalue weighted by atomic mass is 10.3. The van der Waals surface area contributed by atoms with Crippen LogP contribution >= 0.6 is 0 Å². The Morgan fingerprint density at radius 2 is 1.65 bits per heavy atom. The molecule has 0 atom stereocenters. The predicted molar refractivity (Wildman–Crippen MR) is 68.0 cm³/mol. The monoisotopic (exact) mass is 227 g/mol. The van der Waals surface area contributed by atoms with Gasteiger partial charge in [-0.25, -0.2) is 0 Å². The smallest absolute Gasteiger partial charge is 0.119 e. The summed E-state index contributed by atoms with van der Waals surface area (Å²) < 4.78 is 5.06. The van der Waals surface area contributed by atoms with Crippen LogP contribution in [0, 0.1) is 0 Å². The fourth-order valence-electron chi connectivity index (χ4n) is 1.35. The first-order valence-corrected chi connectivity index (χ1v) is 5.19. The van der Waals surface area contributed by atoms with Crippen molar-refractivity contribution in [3.8, 4) is 5.75 Å². The molecule has 0 saturated heterocycles. The van der Waals surface area contributed by atoms with E-state index in [1.54, 1.807) is 13.2 Å². The number of hydrogen-bond donors (Lipinski definition) is 1. The quantitative estimate of drug-likeness (QED) is 0.642. The number of anilines is 1. The first kappa shape index (κ1) is 11.1. The van der Waals surface area contributed by atoms with Crippen LogP contribution in [0.2, 0.25) is 0 Å². The van der Waals surface area contributed by atoms with Crippen molar-refractivity contribution < 1.29 is 4.74 Å². The first-order chi connectivity index (χ1) is 8.28. The van der Waals surface area contributed by atoms with Crippen molar-refractivity contribution in [2.24, 2.45) is 10.2 Å². The molecule has 0 aliphatic rings. The van der Waals surface area contributed by atoms with Crippen LogP contribution in [0.3, 0.4) is 0 Å². The molecule has 17 heavy (non-hydrogen) atoms. The Kier molecular flexibility index (Phi) is 3.35. The van der Waals surface area contributed by atoms with Crippen LogP contribution in [0.25, 0.3) is 0 Å². The summed E-state index contributed by atoms with van der Waals surface area (Å²) in [6.07, 6.45) is 0. The van der Waals surface area contributed by atoms with Gasteiger partial charge in [-0.3, -0.25) is 0 Å². The van der Waals surface area contributed by atoms with Gasteiger partial charge in [-0.05, 0) is 42.5 Å². The number of nitrogens with two attached hydrogens (primary N) is 1. The van der Waals surface area contributed by atoms with Crippen molar-refractivity contribution in [1.29, 1.82) is 0 Å². The minimum absolute atomic E-state index is 0.677. The lowest BCUT2D eigenvalue weighted by Gasteiger charge is -1.98. The van der Waals surface area contributed by atoms with Crippen LogP contribution in [0.15, 0.2) is 58.8 Å². The lowest BCUT2D eigenvalue weighted by Crippen LogP contribution is -1.81. The number of benzene rings is 2. The Bertz CT molecular complexity index is 520. The van der Waals surface area contributed by atoms with Crippen LogP contribution in [0.5, 0.6) is 5.75 Å². The van der Waals surface area contributed by atoms with E-state index in [4.69, 9.17) is 10.5 Å². The van der Waals surface area contributed by atoms with Crippen molar-refractivity contribution in [3.05, 3.63) is 48.5 Å². The summed E-state index contributed by atoms with van der Waals surface area (Å²) in [6, 6.07) is 14.6. The fraction of sp³-hybridized carbons (Fsp3) is 0.0769. The van der Waals surface area contributed by atoms with Gasteiger partial charge >= 0.3 is 0 Å². The Hall–Kier alpha value is -2.36. The highest BCUT2D eigenvalue weighted by Gasteiger charge is 1.93. The molecule has 2 aromatic rings. The van der Waals surface area contributed by atoms with Crippen LogP contribution in [-0.2, 0) is 0 Å². The van der Waals surface area contributed by atoms with E-state index in [1.165, 1.54) is 0 Å². The van der Waals surface area contributed by atoms with Gasteiger partial charge in [-0.15, -0.1) is 0 Å². The Balaban J connectivity index is 2.14. The maximum Gasteiger partial charge on any atom is 0.119 e. The normalized spacial score (nSPS) is 10.6. The van der Waals surface area contributed by atoms with Gasteiger partial charge < -0.3 is 10.5 Å². The molecule has 0 unspecified atom stereocenters. The summed E-state index contributed by atoms with van der Waals surface area (Å²) in [5.74, 6) is 0.799. The molecule has 2 aromatic carbocycles. The van der Waals surface area contributed by atoms with Gasteiger partial charge in [0.1, 0.15) is 5.75 Å². The highest BCUT2D eigenvalue weighted by atomic mass is 16.5. The van der Waals surface area contributed by atoms with Gasteiger partial charge in [0.25, 0.3) is 0 Å². The Labute approximate surface area is 99.8 Å². The van der Waals surface area contributed by atoms with Gasteiger partial charge in [-0.2, -0.15) is 10.2 Å². The molecular formula is C13H13N3O. The fourth-order valence-corrected chi connectivity index (χ4v) is 1.35. The number of rotatable bonds is 3. The zero-order chi connectivity index (χ0) is 12.1. The molecule has 0 amide bonds. The average Bonchev–Trinajstić information content (AvgIpc) is 2.37. The van der Waals surface area contributed by atoms with Crippen LogP contribution < -0.4 is 10.5 Å². The van der Waals surface area contributed by atoms with Crippen molar-refractivity contribution in [1.82, 2.24) is 0 Å². The number of azo groups is 1. The summed E-state index contributed by atoms with van der Waals surface area (Å²) >= 11 is 0. The van der Waals surface area contributed by atoms with Gasteiger partial charge in [-0.1, -0.05) is 6.07 Å². The number of hydrogen-bond acceptors (Lipinski definition) is 4. The average molecular weight is 227 g/mol. The standard InChI is InChI=1S/C13H13N3O/c1-17-13-7-5-11(6-8-13)15-16-12-4-2-3-10(14)9-12/h2-9H,14H2,1H3. The van der Waals surface area contributed by atoms with Gasteiger partial charge in [0, 0.05) is 5.69 Å². The maximum absolute atomic E-state index is 5.65. The molecule has 0 bridgehead atoms. The molecule has 2 N–H and O–H groups in total. The lowest BCUT2D eigenvalue weighted by molar-refractivity contribution is 0.415. The molecule has 0 aromatic heterocycles. The van der Waals surface area contributed by atoms with Gasteiger partial charge in [0.05, 0.1) is 18.5 Å². The van der Waals surface area contributed by atoms with Crippen molar-refractivity contribution >= 4 is 17.1 Å². The minimum Gasteiger partial charge on any atom is -0.497 e. The van der Waals surface area contributed by atoms with E-state index in [0.29, 0.717) is 5.69 Å². The summed E-state index contributed by atoms with van der Waals surface area (Å²) in [4.78, 5) is 0. The second-order valence-corrected chi connectivity index (χ2v) is 3.49. The summed E-state index contributed by atoms with van der Waals surface area (Å²) in [5, 5.41) is 8.20. The zero-order valence-corrected chi connectivity index (χ0v) is 9.50. The van der Waals surface area contributed by atoms with Crippen molar-refractivity contribution in [2.75, 3.05) is 12.8 Å². The summed E-state index contributed by atoms with van der Waals surface area (Å²) in [7, 11) is 1.63. The van der Waals surface area contributed by atoms with Crippen LogP contribution in [0.1, 0.15) is 0 Å². The number of methoxy groups -OCH3 is 1. The molecule has 0 heterocycles. The molecular weight excluding hydrogens is 214 g/mol. The molecule has 0 spiro atoms. The molecule has 4 nitrogen and oxygen atoms in total. The SMILES string of the molecule is COc1ccc(N=Nc2cccc(N)c2)cc1. The van der Waals surface area contributed by atoms with E-state index in [1.807, 2.05) is 42.5 Å². The first-order valence-electron chi connectivity index (χ1n) is 5.19. The van der Waals surface area contributed by atoms with Gasteiger partial charge in [0.15, 0.2) is 0 Å². The number of nitrogens with zero attached hydrogens (tertiary/aromatic N) is 2. The van der Waals surface area contributed by atoms with Crippen LogP contribution in [-0.4, -0.2) is 7.11 Å². The molecule has 4 heteroatoms. The van der Waals surface area contributed by atoms with E-state index in [0.717, 1.165) is 17.1 Å². The summed E-state index contributed by atoms with van der Waals surface area (Å²) in [5.41, 5.74) is 7.83. The Morgan fingerprint density at radius 3 is 2.29 bits per heavy atom. The van der Waals surface area contributed by atoms with E-state index in [2.05, 4.69) is 10.2 Å². The molecule has 86 valence electrons. The van der Waals surface area contributed by atoms with Crippen molar-refractivity contribution in [3.63, 3.8) is 0 Å². The summed E-state index contributed by atoms with van der Waals surface area (Å²) in [6.45, 7) is 0. The Morgan fingerprint density at radius 1 is 0.941 bits per heavy atom. The number of nitrogen functional groups attached to an aromatic ring is 1.